The van der Waals surface area contributed by atoms with Crippen molar-refractivity contribution in [1.29, 1.82) is 0 Å². The van der Waals surface area contributed by atoms with Crippen LogP contribution in [-0.2, 0) is 24.9 Å². The Kier molecular flexibility index (Phi) is 9.68. The van der Waals surface area contributed by atoms with Crippen molar-refractivity contribution in [3.63, 3.8) is 0 Å². The van der Waals surface area contributed by atoms with Crippen molar-refractivity contribution >= 4 is 65.8 Å². The van der Waals surface area contributed by atoms with E-state index in [4.69, 9.17) is 9.40 Å². The summed E-state index contributed by atoms with van der Waals surface area (Å²) in [7, 11) is 0. The van der Waals surface area contributed by atoms with Crippen LogP contribution in [0.2, 0.25) is 0 Å². The van der Waals surface area contributed by atoms with Gasteiger partial charge in [0.1, 0.15) is 11.1 Å². The average Bonchev–Trinajstić information content (AvgIpc) is 3.75. The van der Waals surface area contributed by atoms with E-state index < -0.39 is 0 Å². The Hall–Kier alpha value is -4.51. The minimum Gasteiger partial charge on any atom is -0.512 e. The minimum absolute atomic E-state index is 0. The third kappa shape index (κ3) is 5.57. The molecular formula is C42H39IrN2O3-. The number of fused-ring (bicyclic) bond motifs is 9. The summed E-state index contributed by atoms with van der Waals surface area (Å²) in [5, 5.41) is 16.5. The van der Waals surface area contributed by atoms with Crippen LogP contribution >= 0.6 is 0 Å². The second-order valence-corrected chi connectivity index (χ2v) is 12.3. The Balaban J connectivity index is 0.000000217. The van der Waals surface area contributed by atoms with E-state index in [-0.39, 0.29) is 43.5 Å². The van der Waals surface area contributed by atoms with Gasteiger partial charge in [0.2, 0.25) is 0 Å². The van der Waals surface area contributed by atoms with Crippen molar-refractivity contribution in [2.24, 2.45) is 11.8 Å². The Morgan fingerprint density at radius 3 is 2.23 bits per heavy atom. The molecule has 245 valence electrons. The molecule has 4 aromatic heterocycles. The van der Waals surface area contributed by atoms with Crippen LogP contribution in [0.3, 0.4) is 0 Å². The number of allylic oxidation sites excluding steroid dienone is 2. The topological polar surface area (TPSA) is 67.7 Å². The zero-order chi connectivity index (χ0) is 32.7. The fourth-order valence-electron chi connectivity index (χ4n) is 7.06. The van der Waals surface area contributed by atoms with E-state index in [0.717, 1.165) is 80.7 Å². The molecule has 1 N–H and O–H groups in total. The fraction of sp³-hybridized carbons (Fsp3) is 0.238. The van der Waals surface area contributed by atoms with Gasteiger partial charge in [0, 0.05) is 71.5 Å². The van der Waals surface area contributed by atoms with Gasteiger partial charge in [0.05, 0.1) is 16.8 Å². The number of para-hydroxylation sites is 2. The Morgan fingerprint density at radius 1 is 0.812 bits per heavy atom. The van der Waals surface area contributed by atoms with Gasteiger partial charge in [-0.2, -0.15) is 0 Å². The summed E-state index contributed by atoms with van der Waals surface area (Å²) in [6.07, 6.45) is 6.91. The number of benzene rings is 4. The smallest absolute Gasteiger partial charge is 0.162 e. The van der Waals surface area contributed by atoms with Gasteiger partial charge in [-0.3, -0.25) is 9.78 Å². The molecule has 8 aromatic rings. The summed E-state index contributed by atoms with van der Waals surface area (Å²) in [5.41, 5.74) is 7.12. The number of hydrogen-bond acceptors (Lipinski definition) is 4. The number of nitrogens with zero attached hydrogens (tertiary/aromatic N) is 2. The molecule has 0 aliphatic heterocycles. The van der Waals surface area contributed by atoms with Gasteiger partial charge in [-0.15, -0.1) is 29.7 Å². The molecule has 0 unspecified atom stereocenters. The molecule has 0 saturated carbocycles. The number of carbonyl (C=O) groups is 1. The number of rotatable bonds is 8. The van der Waals surface area contributed by atoms with Gasteiger partial charge in [-0.05, 0) is 43.9 Å². The van der Waals surface area contributed by atoms with Gasteiger partial charge < -0.3 is 13.9 Å². The van der Waals surface area contributed by atoms with Crippen LogP contribution in [-0.4, -0.2) is 20.3 Å². The molecule has 4 aromatic carbocycles. The molecule has 0 aliphatic rings. The number of ketones is 1. The van der Waals surface area contributed by atoms with Crippen LogP contribution in [0.5, 0.6) is 0 Å². The van der Waals surface area contributed by atoms with Gasteiger partial charge >= 0.3 is 0 Å². The van der Waals surface area contributed by atoms with Gasteiger partial charge in [-0.25, -0.2) is 0 Å². The maximum atomic E-state index is 11.7. The largest absolute Gasteiger partial charge is 0.512 e. The number of carbonyl (C=O) groups excluding carboxylic acids is 1. The Bertz CT molecular complexity index is 2410. The summed E-state index contributed by atoms with van der Waals surface area (Å²) < 4.78 is 8.82. The first-order chi connectivity index (χ1) is 23.0. The van der Waals surface area contributed by atoms with Crippen LogP contribution in [0.4, 0.5) is 0 Å². The molecule has 48 heavy (non-hydrogen) atoms. The SMILES string of the molecule is CCC(CC)C(=O)/C=C(\O)C(CC)CC.[Ir].[c-]1c(-c2ncc3c4ccccc4n4c5c6ccccc6oc5c2c34)ccc2ccccc12. The minimum atomic E-state index is 0. The molecule has 0 amide bonds. The maximum absolute atomic E-state index is 11.7. The second kappa shape index (κ2) is 13.9. The second-order valence-electron chi connectivity index (χ2n) is 12.3. The van der Waals surface area contributed by atoms with Crippen molar-refractivity contribution < 1.29 is 34.4 Å². The first kappa shape index (κ1) is 33.4. The summed E-state index contributed by atoms with van der Waals surface area (Å²) in [6, 6.07) is 33.0. The van der Waals surface area contributed by atoms with Crippen LogP contribution in [0, 0.1) is 17.9 Å². The molecule has 1 radical (unpaired) electrons. The van der Waals surface area contributed by atoms with E-state index in [1.807, 2.05) is 52.1 Å². The monoisotopic (exact) mass is 812 g/mol. The molecular weight excluding hydrogens is 773 g/mol. The van der Waals surface area contributed by atoms with Crippen LogP contribution in [0.1, 0.15) is 53.4 Å². The molecule has 0 fully saturated rings. The van der Waals surface area contributed by atoms with E-state index in [1.54, 1.807) is 0 Å². The third-order valence-electron chi connectivity index (χ3n) is 9.73. The van der Waals surface area contributed by atoms with Crippen molar-refractivity contribution in [3.05, 3.63) is 109 Å². The van der Waals surface area contributed by atoms with Crippen LogP contribution < -0.4 is 0 Å². The third-order valence-corrected chi connectivity index (χ3v) is 9.73. The number of aliphatic hydroxyl groups excluding tert-OH is 1. The van der Waals surface area contributed by atoms with Crippen LogP contribution in [0.15, 0.2) is 107 Å². The summed E-state index contributed by atoms with van der Waals surface area (Å²) in [4.78, 5) is 16.7. The molecule has 0 saturated heterocycles. The number of furan rings is 1. The predicted molar refractivity (Wildman–Crippen MR) is 194 cm³/mol. The summed E-state index contributed by atoms with van der Waals surface area (Å²) in [5.74, 6) is 0.547. The Morgan fingerprint density at radius 2 is 1.48 bits per heavy atom. The fourth-order valence-corrected chi connectivity index (χ4v) is 7.06. The van der Waals surface area contributed by atoms with E-state index in [2.05, 4.69) is 77.2 Å². The zero-order valence-electron chi connectivity index (χ0n) is 27.7. The van der Waals surface area contributed by atoms with Crippen LogP contribution in [0.25, 0.3) is 71.3 Å². The first-order valence-electron chi connectivity index (χ1n) is 16.8. The molecule has 6 heteroatoms. The average molecular weight is 812 g/mol. The van der Waals surface area contributed by atoms with Crippen molar-refractivity contribution in [2.75, 3.05) is 0 Å². The first-order valence-corrected chi connectivity index (χ1v) is 16.8. The number of aliphatic hydroxyl groups is 1. The maximum Gasteiger partial charge on any atom is 0.162 e. The van der Waals surface area contributed by atoms with Crippen molar-refractivity contribution in [1.82, 2.24) is 9.38 Å². The molecule has 0 spiro atoms. The quantitative estimate of drug-likeness (QED) is 0.0943. The van der Waals surface area contributed by atoms with Gasteiger partial charge in [0.25, 0.3) is 0 Å². The Labute approximate surface area is 294 Å². The molecule has 0 bridgehead atoms. The summed E-state index contributed by atoms with van der Waals surface area (Å²) in [6.45, 7) is 8.07. The van der Waals surface area contributed by atoms with E-state index >= 15 is 0 Å². The molecule has 0 aliphatic carbocycles. The number of hydrogen-bond donors (Lipinski definition) is 1. The molecule has 4 heterocycles. The van der Waals surface area contributed by atoms with E-state index in [1.165, 1.54) is 22.4 Å². The molecule has 8 rings (SSSR count). The van der Waals surface area contributed by atoms with Gasteiger partial charge in [0.15, 0.2) is 11.4 Å². The summed E-state index contributed by atoms with van der Waals surface area (Å²) >= 11 is 0. The van der Waals surface area contributed by atoms with Crippen molar-refractivity contribution in [2.45, 2.75) is 53.4 Å². The number of pyridine rings is 1. The normalized spacial score (nSPS) is 12.2. The molecule has 0 atom stereocenters. The molecule has 5 nitrogen and oxygen atoms in total. The van der Waals surface area contributed by atoms with Gasteiger partial charge in [-0.1, -0.05) is 87.2 Å². The van der Waals surface area contributed by atoms with E-state index in [9.17, 15) is 9.90 Å². The number of aromatic nitrogens is 2. The zero-order valence-corrected chi connectivity index (χ0v) is 30.1. The van der Waals surface area contributed by atoms with E-state index in [0.29, 0.717) is 0 Å². The predicted octanol–water partition coefficient (Wildman–Crippen LogP) is 11.5. The van der Waals surface area contributed by atoms with Crippen molar-refractivity contribution in [3.8, 4) is 11.3 Å². The standard InChI is InChI=1S/C29H15N2O.C13H24O2.Ir/c1-2-8-18-15-19(14-13-17(18)7-1)26-25-27-22(16-30-26)20-9-3-5-11-23(20)31(27)28-21-10-4-6-12-24(21)32-29(25)28;1-5-10(6-2)12(14)9-13(15)11(7-3)8-4;/h1-14,16H;9-11,14H,5-8H2,1-4H3;/q-1;;/b;12-9-;.